The lowest BCUT2D eigenvalue weighted by Crippen LogP contribution is -2.19. The molecule has 1 nitrogen and oxygen atoms in total. The third-order valence-corrected chi connectivity index (χ3v) is 2.21. The first-order valence-electron chi connectivity index (χ1n) is 3.24. The molecule has 0 aliphatic carbocycles. The van der Waals surface area contributed by atoms with Crippen molar-refractivity contribution in [3.63, 3.8) is 0 Å². The van der Waals surface area contributed by atoms with E-state index in [0.717, 1.165) is 6.61 Å². The van der Waals surface area contributed by atoms with E-state index in [-0.39, 0.29) is 0 Å². The van der Waals surface area contributed by atoms with Gasteiger partial charge in [0.15, 0.2) is 0 Å². The van der Waals surface area contributed by atoms with Crippen molar-refractivity contribution < 1.29 is 4.74 Å². The summed E-state index contributed by atoms with van der Waals surface area (Å²) < 4.78 is 5.37. The second kappa shape index (κ2) is 1.73. The maximum Gasteiger partial charge on any atom is 0.0598 e. The molecular formula is C7H14O. The van der Waals surface area contributed by atoms with Crippen LogP contribution in [-0.2, 0) is 4.74 Å². The molecule has 1 aliphatic rings. The molecule has 0 saturated carbocycles. The van der Waals surface area contributed by atoms with Crippen LogP contribution in [0.15, 0.2) is 0 Å². The average Bonchev–Trinajstić information content (AvgIpc) is 1.86. The summed E-state index contributed by atoms with van der Waals surface area (Å²) in [6.45, 7) is 7.61. The number of rotatable bonds is 0. The highest BCUT2D eigenvalue weighted by Crippen LogP contribution is 2.32. The van der Waals surface area contributed by atoms with Crippen LogP contribution in [0.4, 0.5) is 0 Å². The Balaban J connectivity index is 2.54. The van der Waals surface area contributed by atoms with Gasteiger partial charge >= 0.3 is 0 Å². The van der Waals surface area contributed by atoms with Crippen LogP contribution >= 0.6 is 0 Å². The zero-order valence-electron chi connectivity index (χ0n) is 5.90. The fraction of sp³-hybridized carbons (Fsp3) is 1.00. The maximum atomic E-state index is 5.37. The summed E-state index contributed by atoms with van der Waals surface area (Å²) in [7, 11) is 0. The van der Waals surface area contributed by atoms with Crippen LogP contribution in [0, 0.1) is 5.41 Å². The Labute approximate surface area is 51.0 Å². The Morgan fingerprint density at radius 2 is 2.12 bits per heavy atom. The molecule has 1 rings (SSSR count). The summed E-state index contributed by atoms with van der Waals surface area (Å²) in [6.07, 6.45) is 1.68. The maximum absolute atomic E-state index is 5.37. The molecule has 1 aliphatic heterocycles. The van der Waals surface area contributed by atoms with Crippen molar-refractivity contribution in [3.05, 3.63) is 0 Å². The van der Waals surface area contributed by atoms with Gasteiger partial charge in [-0.1, -0.05) is 13.8 Å². The van der Waals surface area contributed by atoms with Gasteiger partial charge in [-0.25, -0.2) is 0 Å². The van der Waals surface area contributed by atoms with Crippen molar-refractivity contribution in [3.8, 4) is 0 Å². The largest absolute Gasteiger partial charge is 0.378 e. The lowest BCUT2D eigenvalue weighted by Gasteiger charge is -2.20. The molecule has 1 heteroatoms. The minimum atomic E-state index is 0.431. The SMILES string of the molecule is C[C@@H]1OCCC1(C)C. The van der Waals surface area contributed by atoms with E-state index in [9.17, 15) is 0 Å². The van der Waals surface area contributed by atoms with Gasteiger partial charge in [0.25, 0.3) is 0 Å². The molecule has 0 aromatic carbocycles. The minimum absolute atomic E-state index is 0.431. The minimum Gasteiger partial charge on any atom is -0.378 e. The highest BCUT2D eigenvalue weighted by molar-refractivity contribution is 4.80. The van der Waals surface area contributed by atoms with Crippen molar-refractivity contribution >= 4 is 0 Å². The van der Waals surface area contributed by atoms with Crippen LogP contribution in [0.2, 0.25) is 0 Å². The van der Waals surface area contributed by atoms with Crippen molar-refractivity contribution in [2.24, 2.45) is 5.41 Å². The molecule has 48 valence electrons. The molecule has 0 N–H and O–H groups in total. The van der Waals surface area contributed by atoms with Crippen LogP contribution in [0.3, 0.4) is 0 Å². The molecule has 1 atom stereocenters. The van der Waals surface area contributed by atoms with E-state index < -0.39 is 0 Å². The molecule has 0 aromatic heterocycles. The Morgan fingerprint density at radius 3 is 2.25 bits per heavy atom. The van der Waals surface area contributed by atoms with Crippen LogP contribution in [0.5, 0.6) is 0 Å². The molecule has 0 aromatic rings. The normalized spacial score (nSPS) is 35.6. The van der Waals surface area contributed by atoms with Crippen LogP contribution in [-0.4, -0.2) is 12.7 Å². The monoisotopic (exact) mass is 114 g/mol. The molecule has 1 fully saturated rings. The predicted molar refractivity (Wildman–Crippen MR) is 33.8 cm³/mol. The lowest BCUT2D eigenvalue weighted by molar-refractivity contribution is 0.0798. The number of hydrogen-bond acceptors (Lipinski definition) is 1. The van der Waals surface area contributed by atoms with Gasteiger partial charge in [0.2, 0.25) is 0 Å². The fourth-order valence-electron chi connectivity index (χ4n) is 0.928. The quantitative estimate of drug-likeness (QED) is 0.466. The van der Waals surface area contributed by atoms with Gasteiger partial charge in [0, 0.05) is 6.61 Å². The van der Waals surface area contributed by atoms with E-state index in [0.29, 0.717) is 11.5 Å². The van der Waals surface area contributed by atoms with E-state index >= 15 is 0 Å². The predicted octanol–water partition coefficient (Wildman–Crippen LogP) is 1.82. The highest BCUT2D eigenvalue weighted by Gasteiger charge is 2.31. The smallest absolute Gasteiger partial charge is 0.0598 e. The second-order valence-corrected chi connectivity index (χ2v) is 3.25. The summed E-state index contributed by atoms with van der Waals surface area (Å²) in [6, 6.07) is 0. The first-order chi connectivity index (χ1) is 3.63. The fourth-order valence-corrected chi connectivity index (χ4v) is 0.928. The molecule has 1 heterocycles. The summed E-state index contributed by atoms with van der Waals surface area (Å²) >= 11 is 0. The number of ether oxygens (including phenoxy) is 1. The molecule has 1 saturated heterocycles. The third kappa shape index (κ3) is 0.873. The van der Waals surface area contributed by atoms with Gasteiger partial charge in [-0.2, -0.15) is 0 Å². The first kappa shape index (κ1) is 6.09. The Hall–Kier alpha value is -0.0400. The van der Waals surface area contributed by atoms with E-state index in [1.165, 1.54) is 6.42 Å². The van der Waals surface area contributed by atoms with Gasteiger partial charge < -0.3 is 4.74 Å². The summed E-state index contributed by atoms with van der Waals surface area (Å²) in [4.78, 5) is 0. The number of hydrogen-bond donors (Lipinski definition) is 0. The Morgan fingerprint density at radius 1 is 1.50 bits per heavy atom. The molecule has 0 amide bonds. The van der Waals surface area contributed by atoms with Gasteiger partial charge in [-0.3, -0.25) is 0 Å². The molecule has 8 heavy (non-hydrogen) atoms. The Bertz CT molecular complexity index is 86.4. The van der Waals surface area contributed by atoms with Crippen LogP contribution in [0.25, 0.3) is 0 Å². The van der Waals surface area contributed by atoms with Crippen molar-refractivity contribution in [1.29, 1.82) is 0 Å². The molecule has 0 unspecified atom stereocenters. The molecular weight excluding hydrogens is 100 g/mol. The molecule has 0 radical (unpaired) electrons. The first-order valence-corrected chi connectivity index (χ1v) is 3.24. The zero-order valence-corrected chi connectivity index (χ0v) is 5.90. The van der Waals surface area contributed by atoms with Gasteiger partial charge in [0.1, 0.15) is 0 Å². The summed E-state index contributed by atoms with van der Waals surface area (Å²) in [5.74, 6) is 0. The van der Waals surface area contributed by atoms with Crippen molar-refractivity contribution in [2.45, 2.75) is 33.3 Å². The van der Waals surface area contributed by atoms with E-state index in [2.05, 4.69) is 20.8 Å². The van der Waals surface area contributed by atoms with Gasteiger partial charge in [-0.15, -0.1) is 0 Å². The van der Waals surface area contributed by atoms with Crippen molar-refractivity contribution in [2.75, 3.05) is 6.61 Å². The van der Waals surface area contributed by atoms with Gasteiger partial charge in [-0.05, 0) is 18.8 Å². The second-order valence-electron chi connectivity index (χ2n) is 3.25. The topological polar surface area (TPSA) is 9.23 Å². The van der Waals surface area contributed by atoms with E-state index in [4.69, 9.17) is 4.74 Å². The van der Waals surface area contributed by atoms with E-state index in [1.807, 2.05) is 0 Å². The van der Waals surface area contributed by atoms with E-state index in [1.54, 1.807) is 0 Å². The Kier molecular flexibility index (Phi) is 1.31. The molecule has 0 bridgehead atoms. The van der Waals surface area contributed by atoms with Crippen LogP contribution in [0.1, 0.15) is 27.2 Å². The lowest BCUT2D eigenvalue weighted by atomic mass is 9.87. The summed E-state index contributed by atoms with van der Waals surface area (Å²) in [5, 5.41) is 0. The van der Waals surface area contributed by atoms with Crippen LogP contribution < -0.4 is 0 Å². The zero-order chi connectivity index (χ0) is 6.20. The van der Waals surface area contributed by atoms with Gasteiger partial charge in [0.05, 0.1) is 6.10 Å². The highest BCUT2D eigenvalue weighted by atomic mass is 16.5. The van der Waals surface area contributed by atoms with Crippen molar-refractivity contribution in [1.82, 2.24) is 0 Å². The summed E-state index contributed by atoms with van der Waals surface area (Å²) in [5.41, 5.74) is 0.431. The average molecular weight is 114 g/mol. The third-order valence-electron chi connectivity index (χ3n) is 2.21. The standard InChI is InChI=1S/C7H14O/c1-6-7(2,3)4-5-8-6/h6H,4-5H2,1-3H3/t6-/m0/s1. The molecule has 0 spiro atoms.